The molecule has 0 saturated heterocycles. The van der Waals surface area contributed by atoms with E-state index in [1.54, 1.807) is 0 Å². The van der Waals surface area contributed by atoms with E-state index in [0.717, 1.165) is 25.2 Å². The normalized spacial score (nSPS) is 11.0. The molecule has 0 spiro atoms. The number of nitrogens with zero attached hydrogens (tertiary/aromatic N) is 2. The monoisotopic (exact) mass is 203 g/mol. The van der Waals surface area contributed by atoms with Gasteiger partial charge in [-0.25, -0.2) is 4.98 Å². The van der Waals surface area contributed by atoms with Crippen molar-refractivity contribution in [1.29, 1.82) is 0 Å². The van der Waals surface area contributed by atoms with Gasteiger partial charge in [0, 0.05) is 13.1 Å². The van der Waals surface area contributed by atoms with Crippen molar-refractivity contribution in [3.8, 4) is 0 Å². The Labute approximate surface area is 90.1 Å². The molecule has 0 bridgehead atoms. The summed E-state index contributed by atoms with van der Waals surface area (Å²) in [5.41, 5.74) is 2.30. The molecule has 0 amide bonds. The van der Waals surface area contributed by atoms with Crippen LogP contribution in [0.15, 0.2) is 30.6 Å². The lowest BCUT2D eigenvalue weighted by molar-refractivity contribution is 0.602. The van der Waals surface area contributed by atoms with Crippen LogP contribution in [0.5, 0.6) is 0 Å². The van der Waals surface area contributed by atoms with Gasteiger partial charge in [-0.05, 0) is 25.1 Å². The minimum absolute atomic E-state index is 0.987. The van der Waals surface area contributed by atoms with Crippen molar-refractivity contribution in [3.63, 3.8) is 0 Å². The molecule has 0 radical (unpaired) electrons. The third kappa shape index (κ3) is 2.36. The highest BCUT2D eigenvalue weighted by Crippen LogP contribution is 2.10. The van der Waals surface area contributed by atoms with E-state index >= 15 is 0 Å². The van der Waals surface area contributed by atoms with Crippen molar-refractivity contribution < 1.29 is 0 Å². The predicted molar refractivity (Wildman–Crippen MR) is 62.9 cm³/mol. The van der Waals surface area contributed by atoms with E-state index < -0.39 is 0 Å². The third-order valence-electron chi connectivity index (χ3n) is 2.48. The van der Waals surface area contributed by atoms with Crippen molar-refractivity contribution in [2.45, 2.75) is 19.9 Å². The van der Waals surface area contributed by atoms with Crippen LogP contribution in [0.4, 0.5) is 0 Å². The summed E-state index contributed by atoms with van der Waals surface area (Å²) in [5, 5.41) is 3.39. The van der Waals surface area contributed by atoms with E-state index in [1.165, 1.54) is 11.9 Å². The SMILES string of the molecule is CCCNCCn1cnc2ccccc21. The van der Waals surface area contributed by atoms with Gasteiger partial charge in [-0.1, -0.05) is 19.1 Å². The molecule has 15 heavy (non-hydrogen) atoms. The van der Waals surface area contributed by atoms with E-state index in [9.17, 15) is 0 Å². The van der Waals surface area contributed by atoms with Crippen molar-refractivity contribution in [1.82, 2.24) is 14.9 Å². The maximum atomic E-state index is 4.35. The minimum atomic E-state index is 0.987. The average molecular weight is 203 g/mol. The van der Waals surface area contributed by atoms with E-state index in [2.05, 4.69) is 33.9 Å². The second-order valence-electron chi connectivity index (χ2n) is 3.68. The lowest BCUT2D eigenvalue weighted by Crippen LogP contribution is -2.20. The zero-order valence-electron chi connectivity index (χ0n) is 9.11. The van der Waals surface area contributed by atoms with Crippen LogP contribution >= 0.6 is 0 Å². The van der Waals surface area contributed by atoms with Crippen LogP contribution in [0.25, 0.3) is 11.0 Å². The first-order valence-corrected chi connectivity index (χ1v) is 5.52. The molecular weight excluding hydrogens is 186 g/mol. The molecule has 1 N–H and O–H groups in total. The lowest BCUT2D eigenvalue weighted by Gasteiger charge is -2.05. The molecule has 3 heteroatoms. The molecule has 0 unspecified atom stereocenters. The summed E-state index contributed by atoms with van der Waals surface area (Å²) in [5.74, 6) is 0. The van der Waals surface area contributed by atoms with Crippen LogP contribution in [0.2, 0.25) is 0 Å². The summed E-state index contributed by atoms with van der Waals surface area (Å²) in [7, 11) is 0. The Bertz CT molecular complexity index is 419. The van der Waals surface area contributed by atoms with Gasteiger partial charge in [-0.15, -0.1) is 0 Å². The Morgan fingerprint density at radius 1 is 1.27 bits per heavy atom. The Hall–Kier alpha value is -1.35. The lowest BCUT2D eigenvalue weighted by atomic mass is 10.3. The molecule has 3 nitrogen and oxygen atoms in total. The molecule has 2 aromatic rings. The molecule has 2 rings (SSSR count). The first-order valence-electron chi connectivity index (χ1n) is 5.52. The van der Waals surface area contributed by atoms with E-state index in [1.807, 2.05) is 18.5 Å². The first-order chi connectivity index (χ1) is 7.42. The zero-order chi connectivity index (χ0) is 10.5. The zero-order valence-corrected chi connectivity index (χ0v) is 9.11. The van der Waals surface area contributed by atoms with Crippen molar-refractivity contribution in [3.05, 3.63) is 30.6 Å². The standard InChI is InChI=1S/C12H17N3/c1-2-7-13-8-9-15-10-14-11-5-3-4-6-12(11)15/h3-6,10,13H,2,7-9H2,1H3. The second-order valence-corrected chi connectivity index (χ2v) is 3.68. The van der Waals surface area contributed by atoms with Gasteiger partial charge in [-0.3, -0.25) is 0 Å². The van der Waals surface area contributed by atoms with Gasteiger partial charge in [0.25, 0.3) is 0 Å². The molecule has 0 aliphatic rings. The Morgan fingerprint density at radius 2 is 2.13 bits per heavy atom. The summed E-state index contributed by atoms with van der Waals surface area (Å²) in [6.07, 6.45) is 3.10. The molecule has 1 aromatic carbocycles. The number of hydrogen-bond donors (Lipinski definition) is 1. The fourth-order valence-corrected chi connectivity index (χ4v) is 1.69. The maximum Gasteiger partial charge on any atom is 0.0958 e. The molecular formula is C12H17N3. The molecule has 0 aliphatic heterocycles. The van der Waals surface area contributed by atoms with Crippen molar-refractivity contribution >= 4 is 11.0 Å². The van der Waals surface area contributed by atoms with E-state index in [-0.39, 0.29) is 0 Å². The first kappa shape index (κ1) is 10.2. The number of hydrogen-bond acceptors (Lipinski definition) is 2. The van der Waals surface area contributed by atoms with Gasteiger partial charge in [0.2, 0.25) is 0 Å². The van der Waals surface area contributed by atoms with Gasteiger partial charge in [0.05, 0.1) is 17.4 Å². The second kappa shape index (κ2) is 4.94. The number of nitrogens with one attached hydrogen (secondary N) is 1. The van der Waals surface area contributed by atoms with E-state index in [0.29, 0.717) is 0 Å². The number of rotatable bonds is 5. The number of aromatic nitrogens is 2. The summed E-state index contributed by atoms with van der Waals surface area (Å²) in [4.78, 5) is 4.35. The smallest absolute Gasteiger partial charge is 0.0958 e. The van der Waals surface area contributed by atoms with Crippen molar-refractivity contribution in [2.24, 2.45) is 0 Å². The summed E-state index contributed by atoms with van der Waals surface area (Å²) in [6, 6.07) is 8.24. The third-order valence-corrected chi connectivity index (χ3v) is 2.48. The molecule has 0 aliphatic carbocycles. The highest BCUT2D eigenvalue weighted by atomic mass is 15.1. The molecule has 1 aromatic heterocycles. The largest absolute Gasteiger partial charge is 0.329 e. The van der Waals surface area contributed by atoms with Gasteiger partial charge in [0.1, 0.15) is 0 Å². The molecule has 80 valence electrons. The quantitative estimate of drug-likeness (QED) is 0.754. The highest BCUT2D eigenvalue weighted by Gasteiger charge is 1.99. The molecule has 1 heterocycles. The summed E-state index contributed by atoms with van der Waals surface area (Å²) >= 11 is 0. The fraction of sp³-hybridized carbons (Fsp3) is 0.417. The minimum Gasteiger partial charge on any atom is -0.329 e. The number of imidazole rings is 1. The number of para-hydroxylation sites is 2. The van der Waals surface area contributed by atoms with Gasteiger partial charge >= 0.3 is 0 Å². The van der Waals surface area contributed by atoms with Crippen LogP contribution in [-0.4, -0.2) is 22.6 Å². The molecule has 0 saturated carbocycles. The molecule has 0 atom stereocenters. The Kier molecular flexibility index (Phi) is 3.35. The number of benzene rings is 1. The Morgan fingerprint density at radius 3 is 3.00 bits per heavy atom. The fourth-order valence-electron chi connectivity index (χ4n) is 1.69. The highest BCUT2D eigenvalue weighted by molar-refractivity contribution is 5.74. The van der Waals surface area contributed by atoms with Crippen molar-refractivity contribution in [2.75, 3.05) is 13.1 Å². The van der Waals surface area contributed by atoms with Crippen LogP contribution < -0.4 is 5.32 Å². The van der Waals surface area contributed by atoms with Gasteiger partial charge in [-0.2, -0.15) is 0 Å². The van der Waals surface area contributed by atoms with E-state index in [4.69, 9.17) is 0 Å². The maximum absolute atomic E-state index is 4.35. The van der Waals surface area contributed by atoms with Crippen LogP contribution in [0, 0.1) is 0 Å². The average Bonchev–Trinajstić information content (AvgIpc) is 2.68. The summed E-state index contributed by atoms with van der Waals surface area (Å²) < 4.78 is 2.19. The molecule has 0 fully saturated rings. The van der Waals surface area contributed by atoms with Crippen LogP contribution in [0.1, 0.15) is 13.3 Å². The summed E-state index contributed by atoms with van der Waals surface area (Å²) in [6.45, 7) is 5.26. The van der Waals surface area contributed by atoms with Gasteiger partial charge < -0.3 is 9.88 Å². The Balaban J connectivity index is 2.02. The van der Waals surface area contributed by atoms with Gasteiger partial charge in [0.15, 0.2) is 0 Å². The topological polar surface area (TPSA) is 29.9 Å². The predicted octanol–water partition coefficient (Wildman–Crippen LogP) is 2.04. The number of fused-ring (bicyclic) bond motifs is 1. The van der Waals surface area contributed by atoms with Crippen LogP contribution in [0.3, 0.4) is 0 Å². The van der Waals surface area contributed by atoms with Crippen LogP contribution in [-0.2, 0) is 6.54 Å².